The van der Waals surface area contributed by atoms with E-state index in [1.165, 1.54) is 37.9 Å². The van der Waals surface area contributed by atoms with Crippen LogP contribution in [0, 0.1) is 0 Å². The predicted molar refractivity (Wildman–Crippen MR) is 82.5 cm³/mol. The largest absolute Gasteiger partial charge is 0.315 e. The van der Waals surface area contributed by atoms with Crippen LogP contribution in [-0.2, 0) is 6.42 Å². The highest BCUT2D eigenvalue weighted by Gasteiger charge is 2.38. The molecule has 2 heteroatoms. The first-order valence-corrected chi connectivity index (χ1v) is 7.67. The highest BCUT2D eigenvalue weighted by atomic mass is 15.2. The molecule has 0 spiro atoms. The molecule has 2 atom stereocenters. The maximum absolute atomic E-state index is 3.58. The van der Waals surface area contributed by atoms with E-state index in [2.05, 4.69) is 61.4 Å². The van der Waals surface area contributed by atoms with E-state index in [1.807, 2.05) is 0 Å². The zero-order chi connectivity index (χ0) is 13.7. The smallest absolute Gasteiger partial charge is 0.0334 e. The molecule has 1 saturated heterocycles. The SMILES string of the molecule is CCC(C)(C(Cc1ccccc1)NC)N1CCCC1. The third-order valence-corrected chi connectivity index (χ3v) is 4.93. The van der Waals surface area contributed by atoms with Crippen molar-refractivity contribution < 1.29 is 0 Å². The Hall–Kier alpha value is -0.860. The standard InChI is InChI=1S/C17H28N2/c1-4-17(2,19-12-8-9-13-19)16(18-3)14-15-10-6-5-7-11-15/h5-7,10-11,16,18H,4,8-9,12-14H2,1-3H3. The lowest BCUT2D eigenvalue weighted by molar-refractivity contribution is 0.0873. The lowest BCUT2D eigenvalue weighted by Gasteiger charge is -2.44. The monoisotopic (exact) mass is 260 g/mol. The molecule has 1 N–H and O–H groups in total. The third-order valence-electron chi connectivity index (χ3n) is 4.93. The zero-order valence-electron chi connectivity index (χ0n) is 12.7. The van der Waals surface area contributed by atoms with Crippen molar-refractivity contribution in [3.63, 3.8) is 0 Å². The van der Waals surface area contributed by atoms with Gasteiger partial charge in [-0.3, -0.25) is 4.90 Å². The lowest BCUT2D eigenvalue weighted by Crippen LogP contribution is -2.58. The Labute approximate surface area is 118 Å². The normalized spacial score (nSPS) is 21.2. The summed E-state index contributed by atoms with van der Waals surface area (Å²) in [6, 6.07) is 11.4. The van der Waals surface area contributed by atoms with E-state index in [0.717, 1.165) is 6.42 Å². The maximum Gasteiger partial charge on any atom is 0.0334 e. The molecule has 1 aromatic carbocycles. The number of likely N-dealkylation sites (N-methyl/N-ethyl adjacent to an activating group) is 1. The number of hydrogen-bond donors (Lipinski definition) is 1. The van der Waals surface area contributed by atoms with E-state index in [4.69, 9.17) is 0 Å². The van der Waals surface area contributed by atoms with Crippen LogP contribution in [0.4, 0.5) is 0 Å². The summed E-state index contributed by atoms with van der Waals surface area (Å²) < 4.78 is 0. The number of rotatable bonds is 6. The zero-order valence-corrected chi connectivity index (χ0v) is 12.7. The van der Waals surface area contributed by atoms with Gasteiger partial charge in [0.1, 0.15) is 0 Å². The molecule has 106 valence electrons. The highest BCUT2D eigenvalue weighted by Crippen LogP contribution is 2.29. The van der Waals surface area contributed by atoms with Crippen LogP contribution in [0.5, 0.6) is 0 Å². The van der Waals surface area contributed by atoms with Gasteiger partial charge in [0.2, 0.25) is 0 Å². The number of hydrogen-bond acceptors (Lipinski definition) is 2. The summed E-state index contributed by atoms with van der Waals surface area (Å²) in [5.74, 6) is 0. The molecule has 0 radical (unpaired) electrons. The van der Waals surface area contributed by atoms with Crippen molar-refractivity contribution in [2.75, 3.05) is 20.1 Å². The summed E-state index contributed by atoms with van der Waals surface area (Å²) >= 11 is 0. The number of nitrogens with one attached hydrogen (secondary N) is 1. The van der Waals surface area contributed by atoms with Gasteiger partial charge >= 0.3 is 0 Å². The quantitative estimate of drug-likeness (QED) is 0.845. The van der Waals surface area contributed by atoms with Gasteiger partial charge in [0, 0.05) is 11.6 Å². The summed E-state index contributed by atoms with van der Waals surface area (Å²) in [6.07, 6.45) is 5.03. The van der Waals surface area contributed by atoms with Crippen LogP contribution in [0.1, 0.15) is 38.7 Å². The summed E-state index contributed by atoms with van der Waals surface area (Å²) in [7, 11) is 2.11. The van der Waals surface area contributed by atoms with Gasteiger partial charge in [-0.2, -0.15) is 0 Å². The van der Waals surface area contributed by atoms with Crippen LogP contribution >= 0.6 is 0 Å². The van der Waals surface area contributed by atoms with Crippen LogP contribution in [0.2, 0.25) is 0 Å². The van der Waals surface area contributed by atoms with E-state index < -0.39 is 0 Å². The first kappa shape index (κ1) is 14.5. The molecule has 2 unspecified atom stereocenters. The Kier molecular flexibility index (Phi) is 5.00. The van der Waals surface area contributed by atoms with Gasteiger partial charge in [-0.05, 0) is 58.3 Å². The van der Waals surface area contributed by atoms with Crippen LogP contribution in [-0.4, -0.2) is 36.6 Å². The van der Waals surface area contributed by atoms with E-state index >= 15 is 0 Å². The summed E-state index contributed by atoms with van der Waals surface area (Å²) in [6.45, 7) is 7.28. The van der Waals surface area contributed by atoms with Crippen LogP contribution in [0.25, 0.3) is 0 Å². The fourth-order valence-electron chi connectivity index (χ4n) is 3.40. The molecule has 1 fully saturated rings. The average Bonchev–Trinajstić information content (AvgIpc) is 3.00. The Balaban J connectivity index is 2.13. The van der Waals surface area contributed by atoms with Gasteiger partial charge in [0.25, 0.3) is 0 Å². The molecule has 1 heterocycles. The van der Waals surface area contributed by atoms with Crippen LogP contribution < -0.4 is 5.32 Å². The minimum absolute atomic E-state index is 0.265. The molecule has 0 amide bonds. The second kappa shape index (κ2) is 6.53. The fraction of sp³-hybridized carbons (Fsp3) is 0.647. The van der Waals surface area contributed by atoms with Crippen LogP contribution in [0.15, 0.2) is 30.3 Å². The van der Waals surface area contributed by atoms with Crippen molar-refractivity contribution in [1.82, 2.24) is 10.2 Å². The molecular formula is C17H28N2. The Morgan fingerprint density at radius 3 is 2.37 bits per heavy atom. The van der Waals surface area contributed by atoms with Crippen LogP contribution in [0.3, 0.4) is 0 Å². The molecule has 0 aliphatic carbocycles. The number of likely N-dealkylation sites (tertiary alicyclic amines) is 1. The Morgan fingerprint density at radius 1 is 1.21 bits per heavy atom. The molecule has 2 nitrogen and oxygen atoms in total. The number of benzene rings is 1. The van der Waals surface area contributed by atoms with Crippen molar-refractivity contribution in [2.45, 2.75) is 51.1 Å². The lowest BCUT2D eigenvalue weighted by atomic mass is 9.83. The van der Waals surface area contributed by atoms with Gasteiger partial charge in [-0.25, -0.2) is 0 Å². The third kappa shape index (κ3) is 3.18. The van der Waals surface area contributed by atoms with Gasteiger partial charge < -0.3 is 5.32 Å². The van der Waals surface area contributed by atoms with E-state index in [-0.39, 0.29) is 5.54 Å². The van der Waals surface area contributed by atoms with Gasteiger partial charge in [0.15, 0.2) is 0 Å². The molecule has 2 rings (SSSR count). The van der Waals surface area contributed by atoms with Crippen molar-refractivity contribution in [2.24, 2.45) is 0 Å². The molecule has 1 aliphatic heterocycles. The first-order valence-electron chi connectivity index (χ1n) is 7.67. The van der Waals surface area contributed by atoms with Crippen molar-refractivity contribution in [3.8, 4) is 0 Å². The van der Waals surface area contributed by atoms with Gasteiger partial charge in [0.05, 0.1) is 0 Å². The minimum atomic E-state index is 0.265. The second-order valence-electron chi connectivity index (χ2n) is 5.94. The Morgan fingerprint density at radius 2 is 1.84 bits per heavy atom. The minimum Gasteiger partial charge on any atom is -0.315 e. The average molecular weight is 260 g/mol. The first-order chi connectivity index (χ1) is 9.20. The second-order valence-corrected chi connectivity index (χ2v) is 5.94. The van der Waals surface area contributed by atoms with Crippen molar-refractivity contribution >= 4 is 0 Å². The molecule has 1 aromatic rings. The molecular weight excluding hydrogens is 232 g/mol. The molecule has 0 aromatic heterocycles. The summed E-state index contributed by atoms with van der Waals surface area (Å²) in [4.78, 5) is 2.69. The molecule has 19 heavy (non-hydrogen) atoms. The molecule has 0 saturated carbocycles. The van der Waals surface area contributed by atoms with Crippen molar-refractivity contribution in [3.05, 3.63) is 35.9 Å². The van der Waals surface area contributed by atoms with E-state index in [1.54, 1.807) is 0 Å². The summed E-state index contributed by atoms with van der Waals surface area (Å²) in [5, 5.41) is 3.58. The maximum atomic E-state index is 3.58. The molecule has 0 bridgehead atoms. The summed E-state index contributed by atoms with van der Waals surface area (Å²) in [5.41, 5.74) is 1.70. The highest BCUT2D eigenvalue weighted by molar-refractivity contribution is 5.17. The molecule has 1 aliphatic rings. The topological polar surface area (TPSA) is 15.3 Å². The van der Waals surface area contributed by atoms with Gasteiger partial charge in [-0.15, -0.1) is 0 Å². The van der Waals surface area contributed by atoms with Crippen molar-refractivity contribution in [1.29, 1.82) is 0 Å². The number of nitrogens with zero attached hydrogens (tertiary/aromatic N) is 1. The van der Waals surface area contributed by atoms with Gasteiger partial charge in [-0.1, -0.05) is 37.3 Å². The predicted octanol–water partition coefficient (Wildman–Crippen LogP) is 3.08. The van der Waals surface area contributed by atoms with E-state index in [9.17, 15) is 0 Å². The fourth-order valence-corrected chi connectivity index (χ4v) is 3.40. The Bertz CT molecular complexity index is 370. The van der Waals surface area contributed by atoms with E-state index in [0.29, 0.717) is 6.04 Å².